The zero-order valence-corrected chi connectivity index (χ0v) is 9.85. The van der Waals surface area contributed by atoms with Crippen LogP contribution >= 0.6 is 11.3 Å². The van der Waals surface area contributed by atoms with E-state index in [-0.39, 0.29) is 5.82 Å². The Kier molecular flexibility index (Phi) is 3.31. The molecule has 1 heterocycles. The lowest BCUT2D eigenvalue weighted by Gasteiger charge is -1.99. The van der Waals surface area contributed by atoms with Gasteiger partial charge in [-0.25, -0.2) is 9.37 Å². The van der Waals surface area contributed by atoms with Crippen LogP contribution in [0.5, 0.6) is 0 Å². The first-order valence-corrected chi connectivity index (χ1v) is 5.99. The average Bonchev–Trinajstić information content (AvgIpc) is 2.71. The molecule has 0 aliphatic rings. The van der Waals surface area contributed by atoms with Gasteiger partial charge in [0.05, 0.1) is 5.69 Å². The van der Waals surface area contributed by atoms with E-state index in [2.05, 4.69) is 4.98 Å². The molecule has 84 valence electrons. The van der Waals surface area contributed by atoms with Crippen molar-refractivity contribution in [1.82, 2.24) is 4.98 Å². The van der Waals surface area contributed by atoms with Crippen molar-refractivity contribution in [2.75, 3.05) is 6.54 Å². The SMILES string of the molecule is Cc1cc(-c2nc(CCN)cs2)ccc1F. The molecule has 0 unspecified atom stereocenters. The smallest absolute Gasteiger partial charge is 0.126 e. The second-order valence-electron chi connectivity index (χ2n) is 3.65. The molecule has 2 nitrogen and oxygen atoms in total. The molecule has 0 atom stereocenters. The summed E-state index contributed by atoms with van der Waals surface area (Å²) in [5.74, 6) is -0.178. The summed E-state index contributed by atoms with van der Waals surface area (Å²) in [6.45, 7) is 2.36. The highest BCUT2D eigenvalue weighted by Gasteiger charge is 2.06. The first-order valence-electron chi connectivity index (χ1n) is 5.11. The van der Waals surface area contributed by atoms with E-state index in [4.69, 9.17) is 5.73 Å². The fourth-order valence-corrected chi connectivity index (χ4v) is 2.33. The molecule has 0 spiro atoms. The lowest BCUT2D eigenvalue weighted by atomic mass is 10.1. The fraction of sp³-hybridized carbons (Fsp3) is 0.250. The molecule has 16 heavy (non-hydrogen) atoms. The van der Waals surface area contributed by atoms with Crippen LogP contribution in [0.3, 0.4) is 0 Å². The Bertz CT molecular complexity index is 494. The molecular formula is C12H13FN2S. The molecule has 2 aromatic rings. The van der Waals surface area contributed by atoms with E-state index >= 15 is 0 Å². The van der Waals surface area contributed by atoms with Crippen LogP contribution in [-0.4, -0.2) is 11.5 Å². The number of hydrogen-bond donors (Lipinski definition) is 1. The highest BCUT2D eigenvalue weighted by molar-refractivity contribution is 7.13. The van der Waals surface area contributed by atoms with Gasteiger partial charge in [0, 0.05) is 17.4 Å². The van der Waals surface area contributed by atoms with Crippen molar-refractivity contribution in [3.8, 4) is 10.6 Å². The van der Waals surface area contributed by atoms with Crippen LogP contribution in [0.2, 0.25) is 0 Å². The number of benzene rings is 1. The number of aryl methyl sites for hydroxylation is 1. The maximum absolute atomic E-state index is 13.1. The zero-order valence-electron chi connectivity index (χ0n) is 9.03. The van der Waals surface area contributed by atoms with E-state index < -0.39 is 0 Å². The number of hydrogen-bond acceptors (Lipinski definition) is 3. The minimum Gasteiger partial charge on any atom is -0.330 e. The quantitative estimate of drug-likeness (QED) is 0.890. The van der Waals surface area contributed by atoms with Crippen molar-refractivity contribution < 1.29 is 4.39 Å². The number of thiazole rings is 1. The Balaban J connectivity index is 2.31. The number of nitrogens with zero attached hydrogens (tertiary/aromatic N) is 1. The van der Waals surface area contributed by atoms with Crippen molar-refractivity contribution in [3.05, 3.63) is 40.7 Å². The highest BCUT2D eigenvalue weighted by atomic mass is 32.1. The van der Waals surface area contributed by atoms with Crippen molar-refractivity contribution in [2.45, 2.75) is 13.3 Å². The second-order valence-corrected chi connectivity index (χ2v) is 4.50. The number of aromatic nitrogens is 1. The molecule has 4 heteroatoms. The van der Waals surface area contributed by atoms with E-state index in [0.717, 1.165) is 22.7 Å². The lowest BCUT2D eigenvalue weighted by Crippen LogP contribution is -2.02. The van der Waals surface area contributed by atoms with Gasteiger partial charge >= 0.3 is 0 Å². The first kappa shape index (κ1) is 11.2. The van der Waals surface area contributed by atoms with E-state index in [0.29, 0.717) is 12.1 Å². The van der Waals surface area contributed by atoms with Crippen LogP contribution in [0.1, 0.15) is 11.3 Å². The van der Waals surface area contributed by atoms with Gasteiger partial charge in [-0.2, -0.15) is 0 Å². The maximum atomic E-state index is 13.1. The number of nitrogens with two attached hydrogens (primary N) is 1. The summed E-state index contributed by atoms with van der Waals surface area (Å²) in [7, 11) is 0. The minimum absolute atomic E-state index is 0.178. The molecule has 0 bridgehead atoms. The van der Waals surface area contributed by atoms with Gasteiger partial charge in [0.25, 0.3) is 0 Å². The van der Waals surface area contributed by atoms with Gasteiger partial charge in [0.15, 0.2) is 0 Å². The molecule has 0 aliphatic heterocycles. The predicted octanol–water partition coefficient (Wildman–Crippen LogP) is 2.76. The molecule has 1 aromatic carbocycles. The van der Waals surface area contributed by atoms with Gasteiger partial charge in [-0.1, -0.05) is 0 Å². The minimum atomic E-state index is -0.178. The normalized spacial score (nSPS) is 10.7. The third-order valence-electron chi connectivity index (χ3n) is 2.36. The lowest BCUT2D eigenvalue weighted by molar-refractivity contribution is 0.619. The van der Waals surface area contributed by atoms with Crippen molar-refractivity contribution in [2.24, 2.45) is 5.73 Å². The molecule has 2 rings (SSSR count). The van der Waals surface area contributed by atoms with Crippen LogP contribution in [0.4, 0.5) is 4.39 Å². The molecule has 0 radical (unpaired) electrons. The molecule has 2 N–H and O–H groups in total. The fourth-order valence-electron chi connectivity index (χ4n) is 1.48. The molecule has 0 saturated carbocycles. The summed E-state index contributed by atoms with van der Waals surface area (Å²) >= 11 is 1.57. The van der Waals surface area contributed by atoms with E-state index in [1.165, 1.54) is 6.07 Å². The van der Waals surface area contributed by atoms with E-state index in [1.54, 1.807) is 24.3 Å². The van der Waals surface area contributed by atoms with Gasteiger partial charge in [0.2, 0.25) is 0 Å². The summed E-state index contributed by atoms with van der Waals surface area (Å²) in [6, 6.07) is 5.06. The second kappa shape index (κ2) is 4.72. The third-order valence-corrected chi connectivity index (χ3v) is 3.30. The van der Waals surface area contributed by atoms with Gasteiger partial charge in [-0.15, -0.1) is 11.3 Å². The molecular weight excluding hydrogens is 223 g/mol. The molecule has 0 amide bonds. The monoisotopic (exact) mass is 236 g/mol. The van der Waals surface area contributed by atoms with E-state index in [9.17, 15) is 4.39 Å². The van der Waals surface area contributed by atoms with Crippen LogP contribution in [-0.2, 0) is 6.42 Å². The topological polar surface area (TPSA) is 38.9 Å². The van der Waals surface area contributed by atoms with Crippen LogP contribution in [0.25, 0.3) is 10.6 Å². The Hall–Kier alpha value is -1.26. The summed E-state index contributed by atoms with van der Waals surface area (Å²) in [6.07, 6.45) is 0.788. The molecule has 0 saturated heterocycles. The summed E-state index contributed by atoms with van der Waals surface area (Å²) in [4.78, 5) is 4.46. The van der Waals surface area contributed by atoms with Gasteiger partial charge in [-0.05, 0) is 37.2 Å². The summed E-state index contributed by atoms with van der Waals surface area (Å²) in [5.41, 5.74) is 8.08. The van der Waals surface area contributed by atoms with Gasteiger partial charge in [0.1, 0.15) is 10.8 Å². The van der Waals surface area contributed by atoms with Crippen LogP contribution in [0, 0.1) is 12.7 Å². The average molecular weight is 236 g/mol. The Morgan fingerprint density at radius 3 is 2.94 bits per heavy atom. The predicted molar refractivity (Wildman–Crippen MR) is 65.0 cm³/mol. The van der Waals surface area contributed by atoms with Crippen molar-refractivity contribution in [1.29, 1.82) is 0 Å². The number of halogens is 1. The van der Waals surface area contributed by atoms with Crippen molar-refractivity contribution >= 4 is 11.3 Å². The third kappa shape index (κ3) is 2.28. The maximum Gasteiger partial charge on any atom is 0.126 e. The van der Waals surface area contributed by atoms with Crippen molar-refractivity contribution in [3.63, 3.8) is 0 Å². The highest BCUT2D eigenvalue weighted by Crippen LogP contribution is 2.25. The van der Waals surface area contributed by atoms with Gasteiger partial charge in [-0.3, -0.25) is 0 Å². The number of rotatable bonds is 3. The molecule has 1 aromatic heterocycles. The Morgan fingerprint density at radius 1 is 1.44 bits per heavy atom. The Morgan fingerprint density at radius 2 is 2.25 bits per heavy atom. The molecule has 0 aliphatic carbocycles. The molecule has 0 fully saturated rings. The first-order chi connectivity index (χ1) is 7.70. The van der Waals surface area contributed by atoms with E-state index in [1.807, 2.05) is 11.4 Å². The van der Waals surface area contributed by atoms with Gasteiger partial charge < -0.3 is 5.73 Å². The van der Waals surface area contributed by atoms with Crippen LogP contribution in [0.15, 0.2) is 23.6 Å². The summed E-state index contributed by atoms with van der Waals surface area (Å²) in [5, 5.41) is 2.92. The largest absolute Gasteiger partial charge is 0.330 e. The Labute approximate surface area is 97.9 Å². The zero-order chi connectivity index (χ0) is 11.5. The summed E-state index contributed by atoms with van der Waals surface area (Å²) < 4.78 is 13.1. The standard InChI is InChI=1S/C12H13FN2S/c1-8-6-9(2-3-11(8)13)12-15-10(4-5-14)7-16-12/h2-3,6-7H,4-5,14H2,1H3. The van der Waals surface area contributed by atoms with Crippen LogP contribution < -0.4 is 5.73 Å².